The highest BCUT2D eigenvalue weighted by Gasteiger charge is 2.28. The van der Waals surface area contributed by atoms with Crippen molar-refractivity contribution in [3.05, 3.63) is 29.8 Å². The number of rotatable bonds is 7. The number of sulfonamides is 1. The molecule has 1 N–H and O–H groups in total. The summed E-state index contributed by atoms with van der Waals surface area (Å²) >= 11 is 0. The minimum Gasteiger partial charge on any atom is -0.378 e. The van der Waals surface area contributed by atoms with E-state index in [1.165, 1.54) is 0 Å². The molecule has 0 aromatic heterocycles. The van der Waals surface area contributed by atoms with Gasteiger partial charge in [0.15, 0.2) is 0 Å². The molecule has 7 nitrogen and oxygen atoms in total. The summed E-state index contributed by atoms with van der Waals surface area (Å²) in [7, 11) is -3.53. The molecule has 2 aliphatic heterocycles. The average molecular weight is 396 g/mol. The van der Waals surface area contributed by atoms with Crippen LogP contribution in [0.1, 0.15) is 24.8 Å². The number of amides is 1. The van der Waals surface area contributed by atoms with Crippen molar-refractivity contribution in [2.45, 2.75) is 37.1 Å². The minimum atomic E-state index is -3.53. The molecular formula is C19H29N3O4S. The molecule has 1 unspecified atom stereocenters. The molecule has 2 fully saturated rings. The zero-order valence-electron chi connectivity index (χ0n) is 15.9. The van der Waals surface area contributed by atoms with E-state index in [1.807, 2.05) is 11.0 Å². The van der Waals surface area contributed by atoms with Gasteiger partial charge in [0.05, 0.1) is 24.7 Å². The van der Waals surface area contributed by atoms with Crippen LogP contribution in [0.15, 0.2) is 29.2 Å². The van der Waals surface area contributed by atoms with Crippen LogP contribution in [-0.4, -0.2) is 76.1 Å². The fourth-order valence-corrected chi connectivity index (χ4v) is 4.99. The Hall–Kier alpha value is -1.48. The van der Waals surface area contributed by atoms with Gasteiger partial charge < -0.3 is 9.64 Å². The van der Waals surface area contributed by atoms with Crippen molar-refractivity contribution in [3.63, 3.8) is 0 Å². The molecule has 1 aromatic rings. The Morgan fingerprint density at radius 2 is 1.96 bits per heavy atom. The van der Waals surface area contributed by atoms with E-state index in [1.54, 1.807) is 25.1 Å². The fraction of sp³-hybridized carbons (Fsp3) is 0.632. The van der Waals surface area contributed by atoms with Crippen molar-refractivity contribution in [1.82, 2.24) is 14.5 Å². The van der Waals surface area contributed by atoms with Gasteiger partial charge in [0.2, 0.25) is 15.9 Å². The molecule has 0 spiro atoms. The van der Waals surface area contributed by atoms with Crippen molar-refractivity contribution < 1.29 is 17.9 Å². The van der Waals surface area contributed by atoms with Gasteiger partial charge in [-0.15, -0.1) is 0 Å². The zero-order chi connectivity index (χ0) is 19.3. The first-order chi connectivity index (χ1) is 13.0. The molecule has 27 heavy (non-hydrogen) atoms. The second-order valence-electron chi connectivity index (χ2n) is 7.24. The first-order valence-electron chi connectivity index (χ1n) is 9.62. The largest absolute Gasteiger partial charge is 0.378 e. The lowest BCUT2D eigenvalue weighted by Crippen LogP contribution is -2.51. The van der Waals surface area contributed by atoms with E-state index in [2.05, 4.69) is 9.62 Å². The molecule has 1 aromatic carbocycles. The number of benzene rings is 1. The zero-order valence-corrected chi connectivity index (χ0v) is 16.7. The monoisotopic (exact) mass is 395 g/mol. The molecule has 2 saturated heterocycles. The van der Waals surface area contributed by atoms with Crippen LogP contribution in [-0.2, 0) is 19.6 Å². The molecule has 2 aliphatic rings. The second kappa shape index (κ2) is 9.14. The van der Waals surface area contributed by atoms with E-state index in [4.69, 9.17) is 4.74 Å². The van der Waals surface area contributed by atoms with Gasteiger partial charge in [-0.3, -0.25) is 9.69 Å². The number of nitrogens with zero attached hydrogens (tertiary/aromatic N) is 2. The summed E-state index contributed by atoms with van der Waals surface area (Å²) < 4.78 is 33.3. The first-order valence-corrected chi connectivity index (χ1v) is 11.1. The maximum atomic E-state index is 12.5. The Balaban J connectivity index is 1.53. The number of morpholine rings is 1. The van der Waals surface area contributed by atoms with Crippen molar-refractivity contribution >= 4 is 15.9 Å². The van der Waals surface area contributed by atoms with Gasteiger partial charge in [-0.1, -0.05) is 18.2 Å². The van der Waals surface area contributed by atoms with Gasteiger partial charge in [0.25, 0.3) is 0 Å². The highest BCUT2D eigenvalue weighted by molar-refractivity contribution is 7.89. The number of nitrogens with one attached hydrogen (secondary N) is 1. The average Bonchev–Trinajstić information content (AvgIpc) is 3.18. The topological polar surface area (TPSA) is 79.0 Å². The number of carbonyl (C=O) groups excluding carboxylic acids is 1. The van der Waals surface area contributed by atoms with E-state index in [0.717, 1.165) is 31.5 Å². The van der Waals surface area contributed by atoms with Crippen LogP contribution in [0.4, 0.5) is 0 Å². The van der Waals surface area contributed by atoms with Crippen molar-refractivity contribution in [2.75, 3.05) is 45.9 Å². The normalized spacial score (nSPS) is 21.5. The lowest BCUT2D eigenvalue weighted by Gasteiger charge is -2.36. The number of carbonyl (C=O) groups is 1. The molecular weight excluding hydrogens is 366 g/mol. The van der Waals surface area contributed by atoms with Crippen LogP contribution in [0.3, 0.4) is 0 Å². The maximum absolute atomic E-state index is 12.5. The van der Waals surface area contributed by atoms with Crippen molar-refractivity contribution in [1.29, 1.82) is 0 Å². The Bertz CT molecular complexity index is 747. The van der Waals surface area contributed by atoms with Crippen molar-refractivity contribution in [2.24, 2.45) is 0 Å². The van der Waals surface area contributed by atoms with E-state index < -0.39 is 10.0 Å². The van der Waals surface area contributed by atoms with Gasteiger partial charge >= 0.3 is 0 Å². The van der Waals surface area contributed by atoms with Gasteiger partial charge in [0.1, 0.15) is 0 Å². The summed E-state index contributed by atoms with van der Waals surface area (Å²) in [5.74, 6) is 0.167. The standard InChI is InChI=1S/C19H29N3O4S/c1-16-6-2-3-7-18(16)27(24,25)20-9-8-17-15-26-13-12-22(17)14-19(23)21-10-4-5-11-21/h2-3,6-7,17,20H,4-5,8-15H2,1H3. The predicted octanol–water partition coefficient (Wildman–Crippen LogP) is 0.987. The number of aryl methyl sites for hydroxylation is 1. The van der Waals surface area contributed by atoms with Crippen LogP contribution >= 0.6 is 0 Å². The maximum Gasteiger partial charge on any atom is 0.240 e. The lowest BCUT2D eigenvalue weighted by atomic mass is 10.1. The predicted molar refractivity (Wildman–Crippen MR) is 103 cm³/mol. The number of hydrogen-bond acceptors (Lipinski definition) is 5. The van der Waals surface area contributed by atoms with Crippen molar-refractivity contribution in [3.8, 4) is 0 Å². The Kier molecular flexibility index (Phi) is 6.86. The Labute approximate surface area is 161 Å². The third-order valence-electron chi connectivity index (χ3n) is 5.30. The number of hydrogen-bond donors (Lipinski definition) is 1. The summed E-state index contributed by atoms with van der Waals surface area (Å²) in [4.78, 5) is 16.8. The molecule has 150 valence electrons. The lowest BCUT2D eigenvalue weighted by molar-refractivity contribution is -0.133. The SMILES string of the molecule is Cc1ccccc1S(=O)(=O)NCCC1COCCN1CC(=O)N1CCCC1. The Morgan fingerprint density at radius 3 is 2.70 bits per heavy atom. The smallest absolute Gasteiger partial charge is 0.240 e. The summed E-state index contributed by atoms with van der Waals surface area (Å²) in [6, 6.07) is 6.99. The summed E-state index contributed by atoms with van der Waals surface area (Å²) in [6.07, 6.45) is 2.77. The van der Waals surface area contributed by atoms with E-state index in [9.17, 15) is 13.2 Å². The molecule has 2 heterocycles. The third kappa shape index (κ3) is 5.28. The number of likely N-dealkylation sites (tertiary alicyclic amines) is 1. The van der Waals surface area contributed by atoms with E-state index in [0.29, 0.717) is 44.2 Å². The van der Waals surface area contributed by atoms with Gasteiger partial charge in [-0.2, -0.15) is 0 Å². The highest BCUT2D eigenvalue weighted by atomic mass is 32.2. The van der Waals surface area contributed by atoms with Gasteiger partial charge in [-0.05, 0) is 37.8 Å². The van der Waals surface area contributed by atoms with E-state index >= 15 is 0 Å². The first kappa shape index (κ1) is 20.3. The molecule has 1 atom stereocenters. The quantitative estimate of drug-likeness (QED) is 0.745. The summed E-state index contributed by atoms with van der Waals surface area (Å²) in [5, 5.41) is 0. The Morgan fingerprint density at radius 1 is 1.22 bits per heavy atom. The van der Waals surface area contributed by atoms with Crippen LogP contribution in [0, 0.1) is 6.92 Å². The molecule has 0 radical (unpaired) electrons. The summed E-state index contributed by atoms with van der Waals surface area (Å²) in [6.45, 7) is 6.04. The van der Waals surface area contributed by atoms with E-state index in [-0.39, 0.29) is 11.9 Å². The van der Waals surface area contributed by atoms with Crippen LogP contribution in [0.2, 0.25) is 0 Å². The molecule has 0 bridgehead atoms. The number of ether oxygens (including phenoxy) is 1. The minimum absolute atomic E-state index is 0.0462. The molecule has 3 rings (SSSR count). The third-order valence-corrected chi connectivity index (χ3v) is 6.92. The van der Waals surface area contributed by atoms with Gasteiger partial charge in [-0.25, -0.2) is 13.1 Å². The summed E-state index contributed by atoms with van der Waals surface area (Å²) in [5.41, 5.74) is 0.726. The van der Waals surface area contributed by atoms with Crippen LogP contribution in [0.5, 0.6) is 0 Å². The molecule has 1 amide bonds. The van der Waals surface area contributed by atoms with Crippen LogP contribution in [0.25, 0.3) is 0 Å². The fourth-order valence-electron chi connectivity index (χ4n) is 3.70. The molecule has 0 aliphatic carbocycles. The molecule has 8 heteroatoms. The highest BCUT2D eigenvalue weighted by Crippen LogP contribution is 2.16. The van der Waals surface area contributed by atoms with Gasteiger partial charge in [0, 0.05) is 32.2 Å². The van der Waals surface area contributed by atoms with Crippen LogP contribution < -0.4 is 4.72 Å². The second-order valence-corrected chi connectivity index (χ2v) is 8.97. The molecule has 0 saturated carbocycles.